The van der Waals surface area contributed by atoms with Crippen LogP contribution in [0, 0.1) is 0 Å². The topological polar surface area (TPSA) is 67.2 Å². The van der Waals surface area contributed by atoms with Gasteiger partial charge in [-0.05, 0) is 0 Å². The summed E-state index contributed by atoms with van der Waals surface area (Å²) < 4.78 is 0. The third-order valence-electron chi connectivity index (χ3n) is 0.620. The molecule has 9 heavy (non-hydrogen) atoms. The summed E-state index contributed by atoms with van der Waals surface area (Å²) >= 11 is 0. The van der Waals surface area contributed by atoms with Crippen LogP contribution in [0.1, 0.15) is 0 Å². The fourth-order valence-electron chi connectivity index (χ4n) is 0.377. The van der Waals surface area contributed by atoms with E-state index in [1.807, 2.05) is 25.1 Å². The summed E-state index contributed by atoms with van der Waals surface area (Å²) in [5.41, 5.74) is 2.01. The largest absolute Gasteiger partial charge is 0.364 e. The van der Waals surface area contributed by atoms with Gasteiger partial charge in [0.15, 0.2) is 0 Å². The van der Waals surface area contributed by atoms with Crippen LogP contribution in [-0.4, -0.2) is 14.3 Å². The summed E-state index contributed by atoms with van der Waals surface area (Å²) in [6.45, 7) is 6.05. The molecule has 0 aliphatic carbocycles. The number of hydrazine groups is 1. The highest BCUT2D eigenvalue weighted by Crippen LogP contribution is 1.92. The Kier molecular flexibility index (Phi) is 2.66. The van der Waals surface area contributed by atoms with E-state index in [1.54, 1.807) is 0 Å². The molecule has 0 aromatic rings. The van der Waals surface area contributed by atoms with Gasteiger partial charge in [-0.25, -0.2) is 10.6 Å². The van der Waals surface area contributed by atoms with Gasteiger partial charge in [0, 0.05) is 0 Å². The minimum Gasteiger partial charge on any atom is -0.364 e. The average molecular weight is 147 g/mol. The van der Waals surface area contributed by atoms with E-state index in [-0.39, 0.29) is 6.03 Å². The molecule has 4 nitrogen and oxygen atoms in total. The van der Waals surface area contributed by atoms with E-state index in [2.05, 4.69) is 4.98 Å². The lowest BCUT2D eigenvalue weighted by Crippen LogP contribution is -2.51. The molecule has 0 rings (SSSR count). The van der Waals surface area contributed by atoms with Gasteiger partial charge in [-0.3, -0.25) is 5.43 Å². The van der Waals surface area contributed by atoms with Crippen molar-refractivity contribution in [3.63, 3.8) is 0 Å². The Bertz CT molecular complexity index is 109. The Morgan fingerprint density at radius 3 is 2.00 bits per heavy atom. The van der Waals surface area contributed by atoms with E-state index in [1.165, 1.54) is 0 Å². The normalized spacial score (nSPS) is 10.7. The van der Waals surface area contributed by atoms with Crippen LogP contribution in [0.2, 0.25) is 19.6 Å². The molecule has 0 atom stereocenters. The minimum atomic E-state index is -1.48. The molecule has 2 amide bonds. The number of hydrogen-bond donors (Lipinski definition) is 3. The fraction of sp³-hybridized carbons (Fsp3) is 0.750. The van der Waals surface area contributed by atoms with Gasteiger partial charge in [0.1, 0.15) is 8.24 Å². The maximum Gasteiger partial charge on any atom is 0.320 e. The molecule has 0 aliphatic heterocycles. The summed E-state index contributed by atoms with van der Waals surface area (Å²) in [4.78, 5) is 13.2. The summed E-state index contributed by atoms with van der Waals surface area (Å²) in [5.74, 6) is 4.84. The molecule has 0 aromatic carbocycles. The number of hydrogen-bond acceptors (Lipinski definition) is 2. The quantitative estimate of drug-likeness (QED) is 0.211. The fourth-order valence-corrected chi connectivity index (χ4v) is 1.13. The van der Waals surface area contributed by atoms with Crippen LogP contribution in [0.4, 0.5) is 4.79 Å². The second-order valence-corrected chi connectivity index (χ2v) is 7.60. The summed E-state index contributed by atoms with van der Waals surface area (Å²) in [6, 6.07) is -0.297. The average Bonchev–Trinajstić information content (AvgIpc) is 1.62. The number of nitrogens with two attached hydrogens (primary N) is 1. The highest BCUT2D eigenvalue weighted by molar-refractivity contribution is 6.75. The summed E-state index contributed by atoms with van der Waals surface area (Å²) in [7, 11) is -1.48. The second kappa shape index (κ2) is 2.84. The Labute approximate surface area is 55.9 Å². The molecular formula is C4H13N3OSi. The molecule has 0 unspecified atom stereocenters. The SMILES string of the molecule is C[Si](C)(C)NC(=O)NN. The Balaban J connectivity index is 3.60. The van der Waals surface area contributed by atoms with Crippen molar-refractivity contribution in [1.82, 2.24) is 10.4 Å². The molecule has 0 bridgehead atoms. The predicted octanol–water partition coefficient (Wildman–Crippen LogP) is -0.00580. The Hall–Kier alpha value is -0.553. The van der Waals surface area contributed by atoms with Crippen molar-refractivity contribution < 1.29 is 4.79 Å². The molecule has 54 valence electrons. The van der Waals surface area contributed by atoms with E-state index >= 15 is 0 Å². The highest BCUT2D eigenvalue weighted by Gasteiger charge is 2.14. The van der Waals surface area contributed by atoms with Gasteiger partial charge in [-0.15, -0.1) is 0 Å². The van der Waals surface area contributed by atoms with Crippen LogP contribution in [0.15, 0.2) is 0 Å². The van der Waals surface area contributed by atoms with Gasteiger partial charge >= 0.3 is 6.03 Å². The molecule has 0 heterocycles. The lowest BCUT2D eigenvalue weighted by Gasteiger charge is -2.16. The molecule has 0 aromatic heterocycles. The highest BCUT2D eigenvalue weighted by atomic mass is 28.3. The first-order valence-corrected chi connectivity index (χ1v) is 6.24. The van der Waals surface area contributed by atoms with Gasteiger partial charge < -0.3 is 4.98 Å². The van der Waals surface area contributed by atoms with Gasteiger partial charge in [-0.2, -0.15) is 0 Å². The summed E-state index contributed by atoms with van der Waals surface area (Å²) in [6.07, 6.45) is 0. The Morgan fingerprint density at radius 2 is 1.89 bits per heavy atom. The van der Waals surface area contributed by atoms with Crippen LogP contribution >= 0.6 is 0 Å². The van der Waals surface area contributed by atoms with E-state index < -0.39 is 8.24 Å². The van der Waals surface area contributed by atoms with Crippen LogP contribution in [0.25, 0.3) is 0 Å². The van der Waals surface area contributed by atoms with Crippen molar-refractivity contribution in [1.29, 1.82) is 0 Å². The number of nitrogens with one attached hydrogen (secondary N) is 2. The molecule has 0 fully saturated rings. The molecule has 5 heteroatoms. The van der Waals surface area contributed by atoms with Crippen LogP contribution in [0.5, 0.6) is 0 Å². The van der Waals surface area contributed by atoms with Crippen molar-refractivity contribution in [3.8, 4) is 0 Å². The number of carbonyl (C=O) groups excluding carboxylic acids is 1. The second-order valence-electron chi connectivity index (χ2n) is 2.85. The van der Waals surface area contributed by atoms with Gasteiger partial charge in [0.2, 0.25) is 0 Å². The third-order valence-corrected chi connectivity index (χ3v) is 1.60. The monoisotopic (exact) mass is 147 g/mol. The number of amides is 2. The van der Waals surface area contributed by atoms with Crippen molar-refractivity contribution in [2.75, 3.05) is 0 Å². The zero-order valence-corrected chi connectivity index (χ0v) is 6.99. The first-order chi connectivity index (χ1) is 3.95. The maximum absolute atomic E-state index is 10.5. The van der Waals surface area contributed by atoms with Crippen LogP contribution in [-0.2, 0) is 0 Å². The van der Waals surface area contributed by atoms with E-state index in [9.17, 15) is 4.79 Å². The number of rotatable bonds is 1. The summed E-state index contributed by atoms with van der Waals surface area (Å²) in [5, 5.41) is 0. The molecule has 0 saturated heterocycles. The van der Waals surface area contributed by atoms with E-state index in [0.717, 1.165) is 0 Å². The van der Waals surface area contributed by atoms with Gasteiger partial charge in [0.05, 0.1) is 0 Å². The zero-order valence-electron chi connectivity index (χ0n) is 5.99. The maximum atomic E-state index is 10.5. The minimum absolute atomic E-state index is 0.297. The first kappa shape index (κ1) is 8.45. The molecule has 0 aliphatic rings. The van der Waals surface area contributed by atoms with Crippen LogP contribution < -0.4 is 16.3 Å². The van der Waals surface area contributed by atoms with Crippen molar-refractivity contribution >= 4 is 14.3 Å². The molecular weight excluding hydrogens is 134 g/mol. The smallest absolute Gasteiger partial charge is 0.320 e. The molecule has 0 saturated carbocycles. The lowest BCUT2D eigenvalue weighted by atomic mass is 11.2. The van der Waals surface area contributed by atoms with Gasteiger partial charge in [0.25, 0.3) is 0 Å². The van der Waals surface area contributed by atoms with Crippen LogP contribution in [0.3, 0.4) is 0 Å². The van der Waals surface area contributed by atoms with E-state index in [4.69, 9.17) is 5.84 Å². The molecule has 0 spiro atoms. The van der Waals surface area contributed by atoms with Gasteiger partial charge in [-0.1, -0.05) is 19.6 Å². The standard InChI is InChI=1S/C4H13N3OSi/c1-9(2,3)7-4(8)6-5/h5H2,1-3H3,(H2,6,7,8). The zero-order chi connectivity index (χ0) is 7.49. The predicted molar refractivity (Wildman–Crippen MR) is 39.2 cm³/mol. The number of urea groups is 1. The van der Waals surface area contributed by atoms with E-state index in [0.29, 0.717) is 0 Å². The lowest BCUT2D eigenvalue weighted by molar-refractivity contribution is 0.245. The van der Waals surface area contributed by atoms with Crippen molar-refractivity contribution in [3.05, 3.63) is 0 Å². The first-order valence-electron chi connectivity index (χ1n) is 2.74. The third kappa shape index (κ3) is 5.32. The Morgan fingerprint density at radius 1 is 1.44 bits per heavy atom. The molecule has 4 N–H and O–H groups in total. The molecule has 0 radical (unpaired) electrons. The number of carbonyl (C=O) groups is 1. The van der Waals surface area contributed by atoms with Crippen molar-refractivity contribution in [2.45, 2.75) is 19.6 Å². The van der Waals surface area contributed by atoms with Crippen molar-refractivity contribution in [2.24, 2.45) is 5.84 Å².